The summed E-state index contributed by atoms with van der Waals surface area (Å²) in [5.74, 6) is -0.130. The molecule has 0 bridgehead atoms. The predicted octanol–water partition coefficient (Wildman–Crippen LogP) is 4.06. The average molecular weight is 326 g/mol. The van der Waals surface area contributed by atoms with Gasteiger partial charge in [-0.1, -0.05) is 19.3 Å². The normalized spacial score (nSPS) is 16.0. The van der Waals surface area contributed by atoms with E-state index >= 15 is 0 Å². The monoisotopic (exact) mass is 326 g/mol. The molecule has 3 N–H and O–H groups in total. The Morgan fingerprint density at radius 1 is 0.875 bits per heavy atom. The van der Waals surface area contributed by atoms with Crippen LogP contribution < -0.4 is 5.43 Å². The van der Waals surface area contributed by atoms with E-state index in [1.807, 2.05) is 0 Å². The van der Waals surface area contributed by atoms with Crippen molar-refractivity contribution in [1.29, 1.82) is 0 Å². The van der Waals surface area contributed by atoms with Gasteiger partial charge in [0.15, 0.2) is 17.2 Å². The second kappa shape index (κ2) is 5.44. The van der Waals surface area contributed by atoms with Gasteiger partial charge in [0.25, 0.3) is 0 Å². The van der Waals surface area contributed by atoms with Crippen LogP contribution >= 0.6 is 0 Å². The molecule has 1 saturated carbocycles. The molecule has 0 atom stereocenters. The van der Waals surface area contributed by atoms with Gasteiger partial charge in [0.1, 0.15) is 11.3 Å². The fraction of sp³-hybridized carbons (Fsp3) is 0.316. The summed E-state index contributed by atoms with van der Waals surface area (Å²) in [5.41, 5.74) is 1.58. The van der Waals surface area contributed by atoms with E-state index in [4.69, 9.17) is 4.42 Å². The van der Waals surface area contributed by atoms with Gasteiger partial charge in [-0.05, 0) is 36.5 Å². The molecular weight excluding hydrogens is 308 g/mol. The molecule has 24 heavy (non-hydrogen) atoms. The van der Waals surface area contributed by atoms with Gasteiger partial charge in [-0.15, -0.1) is 0 Å². The second-order valence-electron chi connectivity index (χ2n) is 6.50. The summed E-state index contributed by atoms with van der Waals surface area (Å²) in [4.78, 5) is 11.8. The van der Waals surface area contributed by atoms with Crippen molar-refractivity contribution >= 4 is 11.0 Å². The van der Waals surface area contributed by atoms with Crippen LogP contribution in [0.5, 0.6) is 17.2 Å². The van der Waals surface area contributed by atoms with Crippen molar-refractivity contribution in [1.82, 2.24) is 0 Å². The highest BCUT2D eigenvalue weighted by Gasteiger charge is 2.26. The summed E-state index contributed by atoms with van der Waals surface area (Å²) in [5, 5.41) is 30.3. The maximum Gasteiger partial charge on any atom is 0.223 e. The van der Waals surface area contributed by atoms with E-state index in [1.165, 1.54) is 30.7 Å². The highest BCUT2D eigenvalue weighted by atomic mass is 16.3. The van der Waals surface area contributed by atoms with E-state index in [1.54, 1.807) is 0 Å². The molecule has 0 unspecified atom stereocenters. The minimum atomic E-state index is -0.497. The van der Waals surface area contributed by atoms with Gasteiger partial charge >= 0.3 is 0 Å². The third-order valence-corrected chi connectivity index (χ3v) is 4.95. The zero-order valence-electron chi connectivity index (χ0n) is 13.1. The number of phenolic OH excluding ortho intramolecular Hbond substituents is 3. The summed E-state index contributed by atoms with van der Waals surface area (Å²) in [6.45, 7) is 0. The van der Waals surface area contributed by atoms with Crippen molar-refractivity contribution in [2.24, 2.45) is 0 Å². The molecule has 4 rings (SSSR count). The average Bonchev–Trinajstić information content (AvgIpc) is 2.57. The molecular formula is C19H18O5. The topological polar surface area (TPSA) is 90.9 Å². The second-order valence-corrected chi connectivity index (χ2v) is 6.50. The number of hydrogen-bond acceptors (Lipinski definition) is 5. The Labute approximate surface area is 138 Å². The molecule has 2 aliphatic carbocycles. The van der Waals surface area contributed by atoms with Gasteiger partial charge in [-0.25, -0.2) is 0 Å². The van der Waals surface area contributed by atoms with Crippen molar-refractivity contribution in [3.8, 4) is 28.6 Å². The van der Waals surface area contributed by atoms with E-state index in [0.29, 0.717) is 22.3 Å². The Hall–Kier alpha value is -2.69. The Bertz CT molecular complexity index is 950. The van der Waals surface area contributed by atoms with E-state index in [2.05, 4.69) is 0 Å². The quantitative estimate of drug-likeness (QED) is 0.463. The van der Waals surface area contributed by atoms with Gasteiger partial charge in [-0.2, -0.15) is 0 Å². The smallest absolute Gasteiger partial charge is 0.223 e. The van der Waals surface area contributed by atoms with Crippen LogP contribution in [0.3, 0.4) is 0 Å². The van der Waals surface area contributed by atoms with E-state index in [0.717, 1.165) is 31.2 Å². The van der Waals surface area contributed by atoms with Crippen molar-refractivity contribution in [2.75, 3.05) is 0 Å². The lowest BCUT2D eigenvalue weighted by atomic mass is 9.80. The first-order chi connectivity index (χ1) is 11.5. The van der Waals surface area contributed by atoms with Crippen LogP contribution in [0.25, 0.3) is 22.3 Å². The van der Waals surface area contributed by atoms with Crippen LogP contribution in [0, 0.1) is 0 Å². The first-order valence-electron chi connectivity index (χ1n) is 8.20. The Kier molecular flexibility index (Phi) is 3.37. The number of benzene rings is 2. The lowest BCUT2D eigenvalue weighted by molar-refractivity contribution is 0.403. The van der Waals surface area contributed by atoms with E-state index in [-0.39, 0.29) is 23.2 Å². The molecule has 5 heteroatoms. The highest BCUT2D eigenvalue weighted by Crippen LogP contribution is 2.45. The van der Waals surface area contributed by atoms with E-state index in [9.17, 15) is 20.1 Å². The zero-order valence-corrected chi connectivity index (χ0v) is 13.1. The van der Waals surface area contributed by atoms with Gasteiger partial charge in [0.05, 0.1) is 0 Å². The lowest BCUT2D eigenvalue weighted by Gasteiger charge is -2.26. The van der Waals surface area contributed by atoms with Crippen molar-refractivity contribution < 1.29 is 19.7 Å². The number of fused-ring (bicyclic) bond motifs is 2. The fourth-order valence-electron chi connectivity index (χ4n) is 3.79. The third kappa shape index (κ3) is 2.28. The van der Waals surface area contributed by atoms with Crippen LogP contribution in [0.4, 0.5) is 0 Å². The molecule has 0 aromatic heterocycles. The Morgan fingerprint density at radius 3 is 2.33 bits per heavy atom. The molecule has 0 saturated heterocycles. The van der Waals surface area contributed by atoms with Crippen molar-refractivity contribution in [2.45, 2.75) is 38.0 Å². The standard InChI is InChI=1S/C19H18O5/c20-13-6-11-17(8-15(13)22)24-18-9-16(23)14(21)7-12(18)19(11)10-4-2-1-3-5-10/h6-10,20-22H,1-5H2. The Balaban J connectivity index is 2.11. The fourth-order valence-corrected chi connectivity index (χ4v) is 3.79. The first-order valence-corrected chi connectivity index (χ1v) is 8.20. The summed E-state index contributed by atoms with van der Waals surface area (Å²) < 4.78 is 5.77. The van der Waals surface area contributed by atoms with Crippen LogP contribution in [-0.4, -0.2) is 15.3 Å². The van der Waals surface area contributed by atoms with Gasteiger partial charge in [-0.3, -0.25) is 4.79 Å². The molecule has 3 aliphatic rings. The molecule has 0 radical (unpaired) electrons. The molecule has 1 aliphatic heterocycles. The van der Waals surface area contributed by atoms with Crippen LogP contribution in [0.2, 0.25) is 0 Å². The number of hydrogen-bond donors (Lipinski definition) is 3. The van der Waals surface area contributed by atoms with Gasteiger partial charge in [0, 0.05) is 23.1 Å². The minimum absolute atomic E-state index is 0.209. The summed E-state index contributed by atoms with van der Waals surface area (Å²) in [6, 6.07) is 5.60. The lowest BCUT2D eigenvalue weighted by Crippen LogP contribution is -2.09. The molecule has 1 heterocycles. The number of rotatable bonds is 1. The van der Waals surface area contributed by atoms with Crippen LogP contribution in [-0.2, 0) is 0 Å². The largest absolute Gasteiger partial charge is 0.504 e. The molecule has 124 valence electrons. The minimum Gasteiger partial charge on any atom is -0.504 e. The molecule has 1 aromatic rings. The van der Waals surface area contributed by atoms with Crippen LogP contribution in [0.1, 0.15) is 43.6 Å². The van der Waals surface area contributed by atoms with Gasteiger partial charge in [0.2, 0.25) is 5.43 Å². The maximum absolute atomic E-state index is 11.8. The van der Waals surface area contributed by atoms with Gasteiger partial charge < -0.3 is 19.7 Å². The van der Waals surface area contributed by atoms with Crippen LogP contribution in [0.15, 0.2) is 33.5 Å². The predicted molar refractivity (Wildman–Crippen MR) is 89.9 cm³/mol. The number of phenols is 3. The molecule has 1 fully saturated rings. The van der Waals surface area contributed by atoms with E-state index < -0.39 is 5.43 Å². The molecule has 0 spiro atoms. The first kappa shape index (κ1) is 14.9. The highest BCUT2D eigenvalue weighted by molar-refractivity contribution is 5.91. The summed E-state index contributed by atoms with van der Waals surface area (Å²) in [6.07, 6.45) is 5.46. The third-order valence-electron chi connectivity index (χ3n) is 4.95. The Morgan fingerprint density at radius 2 is 1.58 bits per heavy atom. The summed E-state index contributed by atoms with van der Waals surface area (Å²) >= 11 is 0. The zero-order chi connectivity index (χ0) is 16.8. The molecule has 0 amide bonds. The molecule has 5 nitrogen and oxygen atoms in total. The maximum atomic E-state index is 11.8. The van der Waals surface area contributed by atoms with Crippen molar-refractivity contribution in [3.05, 3.63) is 40.1 Å². The number of aromatic hydroxyl groups is 3. The van der Waals surface area contributed by atoms with Crippen molar-refractivity contribution in [3.63, 3.8) is 0 Å². The summed E-state index contributed by atoms with van der Waals surface area (Å²) in [7, 11) is 0. The SMILES string of the molecule is O=c1cc2oc3cc(O)c(O)cc3c(C3CCCCC3)c-2cc1O. The molecule has 1 aromatic carbocycles.